The number of alkyl carbamates (subject to hydrolysis) is 1. The fraction of sp³-hybridized carbons (Fsp3) is 0.480. The number of hydrogen-bond acceptors (Lipinski definition) is 7. The van der Waals surface area contributed by atoms with Gasteiger partial charge in [0.05, 0.1) is 6.04 Å². The number of nitrogens with zero attached hydrogens (tertiary/aromatic N) is 3. The summed E-state index contributed by atoms with van der Waals surface area (Å²) in [5.41, 5.74) is 1.37. The zero-order valence-corrected chi connectivity index (χ0v) is 20.0. The van der Waals surface area contributed by atoms with Crippen molar-refractivity contribution >= 4 is 18.0 Å². The summed E-state index contributed by atoms with van der Waals surface area (Å²) in [6, 6.07) is 13.3. The van der Waals surface area contributed by atoms with E-state index in [0.29, 0.717) is 45.1 Å². The van der Waals surface area contributed by atoms with Crippen LogP contribution in [0.2, 0.25) is 0 Å². The molecule has 2 aromatic rings. The van der Waals surface area contributed by atoms with Crippen LogP contribution in [0.4, 0.5) is 15.4 Å². The van der Waals surface area contributed by atoms with E-state index in [9.17, 15) is 9.59 Å². The summed E-state index contributed by atoms with van der Waals surface area (Å²) >= 11 is 0. The molecule has 2 amide bonds. The van der Waals surface area contributed by atoms with Crippen LogP contribution in [0.15, 0.2) is 42.5 Å². The van der Waals surface area contributed by atoms with E-state index in [0.717, 1.165) is 16.9 Å². The van der Waals surface area contributed by atoms with Crippen LogP contribution in [0.1, 0.15) is 31.9 Å². The standard InChI is InChI=1S/C25H32N4O5/c1-25(2,3)34-24(31)29-13-11-28(12-14-29)21-10-9-19-15-20(17-32-22(19)27-21)26-23(30)33-16-18-7-5-4-6-8-18/h4-10,20H,11-17H2,1-3H3,(H,26,30)/t20-/m1/s1. The summed E-state index contributed by atoms with van der Waals surface area (Å²) in [7, 11) is 0. The highest BCUT2D eigenvalue weighted by Crippen LogP contribution is 2.27. The van der Waals surface area contributed by atoms with E-state index in [1.54, 1.807) is 4.90 Å². The van der Waals surface area contributed by atoms with Gasteiger partial charge >= 0.3 is 12.2 Å². The Morgan fingerprint density at radius 3 is 2.53 bits per heavy atom. The van der Waals surface area contributed by atoms with Crippen LogP contribution in [0.3, 0.4) is 0 Å². The maximum Gasteiger partial charge on any atom is 0.410 e. The van der Waals surface area contributed by atoms with Crippen molar-refractivity contribution in [2.24, 2.45) is 0 Å². The molecule has 4 rings (SSSR count). The van der Waals surface area contributed by atoms with Crippen molar-refractivity contribution in [3.63, 3.8) is 0 Å². The third-order valence-electron chi connectivity index (χ3n) is 5.60. The van der Waals surface area contributed by atoms with Crippen LogP contribution < -0.4 is 15.0 Å². The molecule has 1 fully saturated rings. The minimum absolute atomic E-state index is 0.180. The van der Waals surface area contributed by atoms with Crippen molar-refractivity contribution in [2.45, 2.75) is 45.4 Å². The lowest BCUT2D eigenvalue weighted by Gasteiger charge is -2.36. The molecule has 1 aromatic carbocycles. The first kappa shape index (κ1) is 23.7. The number of aromatic nitrogens is 1. The van der Waals surface area contributed by atoms with Crippen LogP contribution >= 0.6 is 0 Å². The van der Waals surface area contributed by atoms with Crippen molar-refractivity contribution < 1.29 is 23.8 Å². The molecule has 182 valence electrons. The molecule has 0 spiro atoms. The van der Waals surface area contributed by atoms with E-state index in [1.165, 1.54) is 0 Å². The number of pyridine rings is 1. The predicted molar refractivity (Wildman–Crippen MR) is 127 cm³/mol. The minimum Gasteiger partial charge on any atom is -0.475 e. The number of piperazine rings is 1. The molecule has 0 bridgehead atoms. The third kappa shape index (κ3) is 6.30. The first-order valence-corrected chi connectivity index (χ1v) is 11.6. The molecule has 1 saturated heterocycles. The van der Waals surface area contributed by atoms with Crippen molar-refractivity contribution in [1.29, 1.82) is 0 Å². The summed E-state index contributed by atoms with van der Waals surface area (Å²) < 4.78 is 16.6. The Kier molecular flexibility index (Phi) is 7.09. The number of rotatable bonds is 4. The van der Waals surface area contributed by atoms with E-state index < -0.39 is 11.7 Å². The first-order chi connectivity index (χ1) is 16.3. The quantitative estimate of drug-likeness (QED) is 0.735. The topological polar surface area (TPSA) is 93.2 Å². The van der Waals surface area contributed by atoms with E-state index in [-0.39, 0.29) is 18.7 Å². The van der Waals surface area contributed by atoms with Crippen LogP contribution in [0.5, 0.6) is 5.88 Å². The molecule has 1 atom stereocenters. The Labute approximate surface area is 200 Å². The summed E-state index contributed by atoms with van der Waals surface area (Å²) in [5.74, 6) is 1.40. The zero-order valence-electron chi connectivity index (χ0n) is 20.0. The molecule has 9 nitrogen and oxygen atoms in total. The fourth-order valence-corrected chi connectivity index (χ4v) is 3.89. The molecule has 34 heavy (non-hydrogen) atoms. The SMILES string of the molecule is CC(C)(C)OC(=O)N1CCN(c2ccc3c(n2)OC[C@H](NC(=O)OCc2ccccc2)C3)CC1. The first-order valence-electron chi connectivity index (χ1n) is 11.6. The lowest BCUT2D eigenvalue weighted by molar-refractivity contribution is 0.0240. The maximum atomic E-state index is 12.3. The van der Waals surface area contributed by atoms with E-state index in [4.69, 9.17) is 14.2 Å². The molecule has 1 aromatic heterocycles. The van der Waals surface area contributed by atoms with Gasteiger partial charge in [-0.25, -0.2) is 9.59 Å². The molecule has 0 radical (unpaired) electrons. The number of hydrogen-bond donors (Lipinski definition) is 1. The number of anilines is 1. The fourth-order valence-electron chi connectivity index (χ4n) is 3.89. The average molecular weight is 469 g/mol. The maximum absolute atomic E-state index is 12.3. The van der Waals surface area contributed by atoms with Crippen molar-refractivity contribution in [1.82, 2.24) is 15.2 Å². The number of fused-ring (bicyclic) bond motifs is 1. The van der Waals surface area contributed by atoms with Gasteiger partial charge < -0.3 is 29.3 Å². The van der Waals surface area contributed by atoms with Crippen LogP contribution in [-0.2, 0) is 22.5 Å². The van der Waals surface area contributed by atoms with Gasteiger partial charge in [-0.05, 0) is 38.5 Å². The van der Waals surface area contributed by atoms with Gasteiger partial charge in [0.1, 0.15) is 24.6 Å². The molecule has 2 aliphatic heterocycles. The normalized spacial score (nSPS) is 17.9. The Balaban J connectivity index is 1.26. The van der Waals surface area contributed by atoms with Gasteiger partial charge in [0.25, 0.3) is 0 Å². The highest BCUT2D eigenvalue weighted by Gasteiger charge is 2.28. The number of nitrogens with one attached hydrogen (secondary N) is 1. The highest BCUT2D eigenvalue weighted by molar-refractivity contribution is 5.69. The average Bonchev–Trinajstić information content (AvgIpc) is 2.82. The Morgan fingerprint density at radius 1 is 1.09 bits per heavy atom. The molecule has 9 heteroatoms. The lowest BCUT2D eigenvalue weighted by atomic mass is 10.1. The molecule has 0 aliphatic carbocycles. The van der Waals surface area contributed by atoms with E-state index in [1.807, 2.05) is 63.2 Å². The molecule has 1 N–H and O–H groups in total. The number of carbonyl (C=O) groups excluding carboxylic acids is 2. The number of amides is 2. The van der Waals surface area contributed by atoms with Gasteiger partial charge in [0.15, 0.2) is 0 Å². The second-order valence-electron chi connectivity index (χ2n) is 9.51. The highest BCUT2D eigenvalue weighted by atomic mass is 16.6. The lowest BCUT2D eigenvalue weighted by Crippen LogP contribution is -2.50. The van der Waals surface area contributed by atoms with Crippen molar-refractivity contribution in [3.8, 4) is 5.88 Å². The van der Waals surface area contributed by atoms with Gasteiger partial charge in [-0.3, -0.25) is 0 Å². The second kappa shape index (κ2) is 10.2. The van der Waals surface area contributed by atoms with Crippen molar-refractivity contribution in [3.05, 3.63) is 53.6 Å². The minimum atomic E-state index is -0.503. The van der Waals surface area contributed by atoms with Crippen LogP contribution in [-0.4, -0.2) is 66.5 Å². The van der Waals surface area contributed by atoms with Gasteiger partial charge in [-0.2, -0.15) is 4.98 Å². The molecular weight excluding hydrogens is 436 g/mol. The van der Waals surface area contributed by atoms with Crippen LogP contribution in [0.25, 0.3) is 0 Å². The second-order valence-corrected chi connectivity index (χ2v) is 9.51. The number of ether oxygens (including phenoxy) is 3. The summed E-state index contributed by atoms with van der Waals surface area (Å²) in [6.07, 6.45) is -0.127. The Hall–Kier alpha value is -3.49. The summed E-state index contributed by atoms with van der Waals surface area (Å²) in [6.45, 7) is 8.64. The summed E-state index contributed by atoms with van der Waals surface area (Å²) in [5, 5.41) is 2.87. The van der Waals surface area contributed by atoms with Gasteiger partial charge in [-0.1, -0.05) is 30.3 Å². The Morgan fingerprint density at radius 2 is 1.82 bits per heavy atom. The monoisotopic (exact) mass is 468 g/mol. The number of carbonyl (C=O) groups is 2. The van der Waals surface area contributed by atoms with Gasteiger partial charge in [-0.15, -0.1) is 0 Å². The van der Waals surface area contributed by atoms with Crippen LogP contribution in [0, 0.1) is 0 Å². The molecular formula is C25H32N4O5. The number of benzene rings is 1. The predicted octanol–water partition coefficient (Wildman–Crippen LogP) is 3.37. The zero-order chi connectivity index (χ0) is 24.1. The van der Waals surface area contributed by atoms with Gasteiger partial charge in [0, 0.05) is 38.2 Å². The Bertz CT molecular complexity index is 1000. The summed E-state index contributed by atoms with van der Waals surface area (Å²) in [4.78, 5) is 33.0. The van der Waals surface area contributed by atoms with E-state index in [2.05, 4.69) is 15.2 Å². The molecule has 2 aliphatic rings. The van der Waals surface area contributed by atoms with Gasteiger partial charge in [0.2, 0.25) is 5.88 Å². The van der Waals surface area contributed by atoms with E-state index >= 15 is 0 Å². The molecule has 0 saturated carbocycles. The smallest absolute Gasteiger partial charge is 0.410 e. The molecule has 3 heterocycles. The molecule has 0 unspecified atom stereocenters. The van der Waals surface area contributed by atoms with Crippen molar-refractivity contribution in [2.75, 3.05) is 37.7 Å². The third-order valence-corrected chi connectivity index (χ3v) is 5.60. The largest absolute Gasteiger partial charge is 0.475 e.